The molecule has 2 nitrogen and oxygen atoms in total. The zero-order chi connectivity index (χ0) is 10.1. The predicted molar refractivity (Wildman–Crippen MR) is 62.7 cm³/mol. The molecule has 80 valence electrons. The van der Waals surface area contributed by atoms with E-state index in [0.717, 1.165) is 38.5 Å². The Labute approximate surface area is 106 Å². The van der Waals surface area contributed by atoms with E-state index >= 15 is 0 Å². The van der Waals surface area contributed by atoms with Gasteiger partial charge in [-0.25, -0.2) is 4.79 Å². The van der Waals surface area contributed by atoms with E-state index in [0.29, 0.717) is 5.57 Å². The van der Waals surface area contributed by atoms with E-state index in [1.807, 2.05) is 6.08 Å². The van der Waals surface area contributed by atoms with Gasteiger partial charge in [0.2, 0.25) is 0 Å². The second-order valence-electron chi connectivity index (χ2n) is 3.28. The minimum Gasteiger partial charge on any atom is -1.00 e. The van der Waals surface area contributed by atoms with Gasteiger partial charge in [-0.15, -0.1) is 0 Å². The molecule has 0 spiro atoms. The predicted octanol–water partition coefficient (Wildman–Crippen LogP) is 3.22. The number of unbranched alkanes of at least 4 members (excludes halogenated alkanes) is 3. The summed E-state index contributed by atoms with van der Waals surface area (Å²) in [5.41, 5.74) is 0.593. The standard InChI is InChI=1S/C11H20O2.Mg.2H/c1-3-5-7-9-10(11(12)13)8-6-4-2;;;/h9H,3-8H2,1-2H3,(H,12,13);;;/q;+2;2*-1. The molecule has 0 unspecified atom stereocenters. The summed E-state index contributed by atoms with van der Waals surface area (Å²) in [5, 5.41) is 8.83. The number of allylic oxidation sites excluding steroid dienone is 1. The number of hydrogen-bond acceptors (Lipinski definition) is 1. The first kappa shape index (κ1) is 16.4. The minimum absolute atomic E-state index is 0. The molecule has 0 saturated carbocycles. The van der Waals surface area contributed by atoms with Crippen molar-refractivity contribution in [1.82, 2.24) is 0 Å². The first-order valence-corrected chi connectivity index (χ1v) is 5.14. The number of carboxylic acids is 1. The van der Waals surface area contributed by atoms with E-state index in [2.05, 4.69) is 13.8 Å². The van der Waals surface area contributed by atoms with Crippen LogP contribution in [0.5, 0.6) is 0 Å². The Morgan fingerprint density at radius 3 is 2.29 bits per heavy atom. The van der Waals surface area contributed by atoms with Gasteiger partial charge in [0.05, 0.1) is 0 Å². The van der Waals surface area contributed by atoms with E-state index in [1.54, 1.807) is 0 Å². The molecule has 0 heterocycles. The van der Waals surface area contributed by atoms with Crippen LogP contribution < -0.4 is 0 Å². The summed E-state index contributed by atoms with van der Waals surface area (Å²) in [6.45, 7) is 4.19. The maximum absolute atomic E-state index is 10.7. The molecule has 0 amide bonds. The van der Waals surface area contributed by atoms with Crippen LogP contribution in [0.25, 0.3) is 0 Å². The maximum Gasteiger partial charge on any atom is 2.00 e. The molecule has 0 rings (SSSR count). The van der Waals surface area contributed by atoms with Crippen LogP contribution in [0.15, 0.2) is 11.6 Å². The Bertz CT molecular complexity index is 185. The molecule has 1 N–H and O–H groups in total. The van der Waals surface area contributed by atoms with Crippen LogP contribution in [-0.2, 0) is 4.79 Å². The number of hydrogen-bond donors (Lipinski definition) is 1. The van der Waals surface area contributed by atoms with Gasteiger partial charge in [-0.1, -0.05) is 39.2 Å². The fourth-order valence-electron chi connectivity index (χ4n) is 1.14. The van der Waals surface area contributed by atoms with Crippen molar-refractivity contribution in [3.05, 3.63) is 11.6 Å². The van der Waals surface area contributed by atoms with Gasteiger partial charge < -0.3 is 7.96 Å². The Morgan fingerprint density at radius 1 is 1.29 bits per heavy atom. The van der Waals surface area contributed by atoms with Crippen molar-refractivity contribution in [1.29, 1.82) is 0 Å². The van der Waals surface area contributed by atoms with Crippen LogP contribution in [0.1, 0.15) is 55.2 Å². The van der Waals surface area contributed by atoms with Gasteiger partial charge in [-0.05, 0) is 19.3 Å². The second kappa shape index (κ2) is 11.1. The third-order valence-corrected chi connectivity index (χ3v) is 2.02. The van der Waals surface area contributed by atoms with Gasteiger partial charge >= 0.3 is 29.0 Å². The molecule has 0 fully saturated rings. The number of carboxylic acid groups (broad SMARTS) is 1. The van der Waals surface area contributed by atoms with Crippen molar-refractivity contribution in [3.8, 4) is 0 Å². The van der Waals surface area contributed by atoms with E-state index in [1.165, 1.54) is 0 Å². The summed E-state index contributed by atoms with van der Waals surface area (Å²) >= 11 is 0. The molecule has 0 aromatic carbocycles. The van der Waals surface area contributed by atoms with Crippen LogP contribution in [0.2, 0.25) is 0 Å². The smallest absolute Gasteiger partial charge is 1.00 e. The van der Waals surface area contributed by atoms with Gasteiger partial charge in [0, 0.05) is 5.57 Å². The summed E-state index contributed by atoms with van der Waals surface area (Å²) < 4.78 is 0. The quantitative estimate of drug-likeness (QED) is 0.398. The van der Waals surface area contributed by atoms with Crippen molar-refractivity contribution in [2.75, 3.05) is 0 Å². The van der Waals surface area contributed by atoms with Crippen LogP contribution in [-0.4, -0.2) is 34.1 Å². The number of aliphatic carboxylic acids is 1. The first-order chi connectivity index (χ1) is 6.22. The fourth-order valence-corrected chi connectivity index (χ4v) is 1.14. The molecular weight excluding hydrogens is 188 g/mol. The molecule has 0 bridgehead atoms. The zero-order valence-electron chi connectivity index (χ0n) is 11.4. The SMILES string of the molecule is CCCCC=C(CCCC)C(=O)O.[H-].[H-].[Mg+2]. The van der Waals surface area contributed by atoms with Gasteiger partial charge in [0.25, 0.3) is 0 Å². The largest absolute Gasteiger partial charge is 2.00 e. The Hall–Kier alpha value is -0.0238. The Morgan fingerprint density at radius 2 is 1.86 bits per heavy atom. The topological polar surface area (TPSA) is 37.3 Å². The fraction of sp³-hybridized carbons (Fsp3) is 0.727. The normalized spacial score (nSPS) is 10.9. The minimum atomic E-state index is -0.746. The van der Waals surface area contributed by atoms with E-state index < -0.39 is 5.97 Å². The average molecular weight is 211 g/mol. The van der Waals surface area contributed by atoms with Gasteiger partial charge in [-0.2, -0.15) is 0 Å². The van der Waals surface area contributed by atoms with Crippen molar-refractivity contribution < 1.29 is 12.8 Å². The average Bonchev–Trinajstić information content (AvgIpc) is 2.10. The molecule has 0 atom stereocenters. The number of carbonyl (C=O) groups is 1. The third kappa shape index (κ3) is 8.57. The monoisotopic (exact) mass is 210 g/mol. The van der Waals surface area contributed by atoms with Crippen LogP contribution >= 0.6 is 0 Å². The molecule has 0 aliphatic heterocycles. The van der Waals surface area contributed by atoms with Crippen LogP contribution in [0, 0.1) is 0 Å². The molecule has 3 heteroatoms. The third-order valence-electron chi connectivity index (χ3n) is 2.02. The van der Waals surface area contributed by atoms with Crippen LogP contribution in [0.4, 0.5) is 0 Å². The van der Waals surface area contributed by atoms with Crippen molar-refractivity contribution in [2.24, 2.45) is 0 Å². The number of rotatable bonds is 7. The molecule has 14 heavy (non-hydrogen) atoms. The van der Waals surface area contributed by atoms with Gasteiger partial charge in [0.15, 0.2) is 0 Å². The van der Waals surface area contributed by atoms with Gasteiger partial charge in [-0.3, -0.25) is 0 Å². The molecule has 0 radical (unpaired) electrons. The van der Waals surface area contributed by atoms with Crippen molar-refractivity contribution in [2.45, 2.75) is 52.4 Å². The molecule has 0 saturated heterocycles. The van der Waals surface area contributed by atoms with E-state index in [9.17, 15) is 4.79 Å². The second-order valence-corrected chi connectivity index (χ2v) is 3.28. The van der Waals surface area contributed by atoms with E-state index in [4.69, 9.17) is 5.11 Å². The van der Waals surface area contributed by atoms with E-state index in [-0.39, 0.29) is 25.9 Å². The summed E-state index contributed by atoms with van der Waals surface area (Å²) in [6, 6.07) is 0. The van der Waals surface area contributed by atoms with Gasteiger partial charge in [0.1, 0.15) is 0 Å². The molecule has 0 aliphatic rings. The van der Waals surface area contributed by atoms with Crippen molar-refractivity contribution >= 4 is 29.0 Å². The zero-order valence-corrected chi connectivity index (χ0v) is 10.8. The molecular formula is C11H22MgO2. The summed E-state index contributed by atoms with van der Waals surface area (Å²) in [6.07, 6.45) is 7.74. The first-order valence-electron chi connectivity index (χ1n) is 5.14. The molecule has 0 aliphatic carbocycles. The summed E-state index contributed by atoms with van der Waals surface area (Å²) in [5.74, 6) is -0.746. The van der Waals surface area contributed by atoms with Crippen molar-refractivity contribution in [3.63, 3.8) is 0 Å². The van der Waals surface area contributed by atoms with Crippen LogP contribution in [0.3, 0.4) is 0 Å². The Balaban J connectivity index is -0.000000240. The summed E-state index contributed by atoms with van der Waals surface area (Å²) in [7, 11) is 0. The molecule has 0 aromatic heterocycles. The molecule has 0 aromatic rings. The Kier molecular flexibility index (Phi) is 13.0. The maximum atomic E-state index is 10.7. The summed E-state index contributed by atoms with van der Waals surface area (Å²) in [4.78, 5) is 10.7.